The number of alkyl halides is 3. The quantitative estimate of drug-likeness (QED) is 0.560. The van der Waals surface area contributed by atoms with Crippen molar-refractivity contribution in [1.82, 2.24) is 9.97 Å². The van der Waals surface area contributed by atoms with Gasteiger partial charge >= 0.3 is 6.18 Å². The minimum Gasteiger partial charge on any atom is -0.368 e. The van der Waals surface area contributed by atoms with Crippen molar-refractivity contribution < 1.29 is 13.2 Å². The van der Waals surface area contributed by atoms with Crippen molar-refractivity contribution in [2.75, 3.05) is 36.0 Å². The molecule has 0 radical (unpaired) electrons. The second kappa shape index (κ2) is 7.41. The molecule has 1 saturated heterocycles. The highest BCUT2D eigenvalue weighted by atomic mass is 32.1. The third kappa shape index (κ3) is 3.51. The summed E-state index contributed by atoms with van der Waals surface area (Å²) in [7, 11) is 0. The fourth-order valence-corrected chi connectivity index (χ4v) is 5.90. The summed E-state index contributed by atoms with van der Waals surface area (Å²) < 4.78 is 39.2. The molecule has 0 spiro atoms. The van der Waals surface area contributed by atoms with Crippen LogP contribution >= 0.6 is 11.3 Å². The number of fused-ring (bicyclic) bond motifs is 3. The highest BCUT2D eigenvalue weighted by Gasteiger charge is 2.31. The number of hydrogen-bond donors (Lipinski definition) is 0. The van der Waals surface area contributed by atoms with E-state index in [9.17, 15) is 13.2 Å². The lowest BCUT2D eigenvalue weighted by atomic mass is 9.89. The summed E-state index contributed by atoms with van der Waals surface area (Å²) in [5, 5.41) is 1.19. The number of benzene rings is 1. The summed E-state index contributed by atoms with van der Waals surface area (Å²) in [4.78, 5) is 15.9. The van der Waals surface area contributed by atoms with Gasteiger partial charge in [0.05, 0.1) is 10.9 Å². The van der Waals surface area contributed by atoms with Gasteiger partial charge in [-0.15, -0.1) is 11.3 Å². The van der Waals surface area contributed by atoms with Crippen LogP contribution in [0.25, 0.3) is 10.2 Å². The molecule has 8 heteroatoms. The predicted molar refractivity (Wildman–Crippen MR) is 114 cm³/mol. The summed E-state index contributed by atoms with van der Waals surface area (Å²) in [5.74, 6) is 1.69. The highest BCUT2D eigenvalue weighted by Crippen LogP contribution is 2.41. The summed E-state index contributed by atoms with van der Waals surface area (Å²) in [6.07, 6.45) is 0.693. The average Bonchev–Trinajstić information content (AvgIpc) is 3.11. The maximum absolute atomic E-state index is 13.1. The minimum absolute atomic E-state index is 0.598. The number of aryl methyl sites for hydroxylation is 1. The number of aromatic nitrogens is 2. The Bertz CT molecular complexity index is 1070. The number of anilines is 2. The average molecular weight is 433 g/mol. The highest BCUT2D eigenvalue weighted by molar-refractivity contribution is 7.19. The molecule has 0 amide bonds. The van der Waals surface area contributed by atoms with Crippen LogP contribution in [0.1, 0.15) is 29.3 Å². The molecule has 1 fully saturated rings. The molecule has 2 aliphatic rings. The summed E-state index contributed by atoms with van der Waals surface area (Å²) in [6.45, 7) is 5.08. The normalized spacial score (nSPS) is 19.9. The van der Waals surface area contributed by atoms with Gasteiger partial charge in [-0.1, -0.05) is 13.0 Å². The van der Waals surface area contributed by atoms with Crippen molar-refractivity contribution in [1.29, 1.82) is 0 Å². The van der Waals surface area contributed by atoms with Gasteiger partial charge in [0, 0.05) is 36.7 Å². The van der Waals surface area contributed by atoms with E-state index < -0.39 is 11.7 Å². The first-order valence-electron chi connectivity index (χ1n) is 10.3. The molecule has 1 aromatic carbocycles. The Morgan fingerprint density at radius 3 is 2.60 bits per heavy atom. The standard InChI is InChI=1S/C22H23F3N4S/c1-14-5-6-17-18(11-14)30-21-19(17)20(26-13-27-21)29-9-7-28(8-10-29)16-4-2-3-15(12-16)22(23,24)25/h2-4,12-14H,5-11H2,1H3/t14-/m1/s1. The molecule has 158 valence electrons. The number of halogens is 3. The van der Waals surface area contributed by atoms with Gasteiger partial charge in [0.25, 0.3) is 0 Å². The van der Waals surface area contributed by atoms with Crippen molar-refractivity contribution >= 4 is 33.1 Å². The number of piperazine rings is 1. The van der Waals surface area contributed by atoms with Crippen LogP contribution in [0, 0.1) is 5.92 Å². The molecule has 30 heavy (non-hydrogen) atoms. The Kier molecular flexibility index (Phi) is 4.84. The van der Waals surface area contributed by atoms with Crippen LogP contribution in [0.5, 0.6) is 0 Å². The van der Waals surface area contributed by atoms with Gasteiger partial charge in [0.1, 0.15) is 17.0 Å². The molecule has 3 aromatic rings. The van der Waals surface area contributed by atoms with Gasteiger partial charge in [-0.25, -0.2) is 9.97 Å². The van der Waals surface area contributed by atoms with Gasteiger partial charge < -0.3 is 9.80 Å². The Morgan fingerprint density at radius 2 is 1.83 bits per heavy atom. The van der Waals surface area contributed by atoms with E-state index in [1.54, 1.807) is 23.7 Å². The largest absolute Gasteiger partial charge is 0.416 e. The topological polar surface area (TPSA) is 32.3 Å². The number of hydrogen-bond acceptors (Lipinski definition) is 5. The molecule has 0 unspecified atom stereocenters. The van der Waals surface area contributed by atoms with Crippen LogP contribution < -0.4 is 9.80 Å². The van der Waals surface area contributed by atoms with E-state index in [-0.39, 0.29) is 0 Å². The molecule has 4 nitrogen and oxygen atoms in total. The second-order valence-corrected chi connectivity index (χ2v) is 9.33. The fourth-order valence-electron chi connectivity index (χ4n) is 4.55. The smallest absolute Gasteiger partial charge is 0.368 e. The molecule has 1 atom stereocenters. The Morgan fingerprint density at radius 1 is 1.07 bits per heavy atom. The lowest BCUT2D eigenvalue weighted by Gasteiger charge is -2.37. The molecule has 0 saturated carbocycles. The molecule has 0 bridgehead atoms. The van der Waals surface area contributed by atoms with Crippen LogP contribution in [0.4, 0.5) is 24.7 Å². The monoisotopic (exact) mass is 432 g/mol. The molecule has 1 aliphatic carbocycles. The first-order chi connectivity index (χ1) is 14.4. The Balaban J connectivity index is 1.38. The van der Waals surface area contributed by atoms with Crippen LogP contribution in [0.15, 0.2) is 30.6 Å². The number of rotatable bonds is 2. The van der Waals surface area contributed by atoms with Crippen LogP contribution in [-0.4, -0.2) is 36.1 Å². The molecular formula is C22H23F3N4S. The van der Waals surface area contributed by atoms with Crippen molar-refractivity contribution in [3.63, 3.8) is 0 Å². The van der Waals surface area contributed by atoms with Crippen LogP contribution in [-0.2, 0) is 19.0 Å². The zero-order valence-electron chi connectivity index (χ0n) is 16.7. The Labute approximate surface area is 177 Å². The third-order valence-corrected chi connectivity index (χ3v) is 7.35. The van der Waals surface area contributed by atoms with Crippen molar-refractivity contribution in [2.45, 2.75) is 32.4 Å². The van der Waals surface area contributed by atoms with Crippen molar-refractivity contribution in [2.24, 2.45) is 5.92 Å². The maximum atomic E-state index is 13.1. The third-order valence-electron chi connectivity index (χ3n) is 6.19. The number of nitrogens with zero attached hydrogens (tertiary/aromatic N) is 4. The lowest BCUT2D eigenvalue weighted by Crippen LogP contribution is -2.47. The Hall–Kier alpha value is -2.35. The molecule has 5 rings (SSSR count). The molecule has 3 heterocycles. The summed E-state index contributed by atoms with van der Waals surface area (Å²) in [5.41, 5.74) is 1.43. The predicted octanol–water partition coefficient (Wildman–Crippen LogP) is 5.16. The maximum Gasteiger partial charge on any atom is 0.416 e. The van der Waals surface area contributed by atoms with Gasteiger partial charge in [-0.05, 0) is 48.9 Å². The van der Waals surface area contributed by atoms with E-state index in [0.29, 0.717) is 24.7 Å². The van der Waals surface area contributed by atoms with Gasteiger partial charge in [-0.2, -0.15) is 13.2 Å². The van der Waals surface area contributed by atoms with E-state index in [4.69, 9.17) is 0 Å². The van der Waals surface area contributed by atoms with Crippen LogP contribution in [0.3, 0.4) is 0 Å². The van der Waals surface area contributed by atoms with Crippen molar-refractivity contribution in [3.05, 3.63) is 46.6 Å². The molecule has 2 aromatic heterocycles. The minimum atomic E-state index is -4.32. The van der Waals surface area contributed by atoms with E-state index >= 15 is 0 Å². The first-order valence-corrected chi connectivity index (χ1v) is 11.1. The fraction of sp³-hybridized carbons (Fsp3) is 0.455. The van der Waals surface area contributed by atoms with E-state index in [1.165, 1.54) is 34.4 Å². The molecular weight excluding hydrogens is 409 g/mol. The van der Waals surface area contributed by atoms with Crippen molar-refractivity contribution in [3.8, 4) is 0 Å². The first kappa shape index (κ1) is 19.6. The zero-order chi connectivity index (χ0) is 20.9. The summed E-state index contributed by atoms with van der Waals surface area (Å²) >= 11 is 1.79. The van der Waals surface area contributed by atoms with Gasteiger partial charge in [-0.3, -0.25) is 0 Å². The molecule has 1 aliphatic heterocycles. The number of thiophene rings is 1. The molecule has 0 N–H and O–H groups in total. The zero-order valence-corrected chi connectivity index (χ0v) is 17.6. The van der Waals surface area contributed by atoms with E-state index in [0.717, 1.165) is 42.6 Å². The SMILES string of the molecule is C[C@@H]1CCc2c(sc3ncnc(N4CCN(c5cccc(C(F)(F)F)c5)CC4)c23)C1. The van der Waals surface area contributed by atoms with E-state index in [1.807, 2.05) is 4.90 Å². The van der Waals surface area contributed by atoms with Crippen LogP contribution in [0.2, 0.25) is 0 Å². The van der Waals surface area contributed by atoms with E-state index in [2.05, 4.69) is 21.8 Å². The van der Waals surface area contributed by atoms with Gasteiger partial charge in [0.2, 0.25) is 0 Å². The lowest BCUT2D eigenvalue weighted by molar-refractivity contribution is -0.137. The summed E-state index contributed by atoms with van der Waals surface area (Å²) in [6, 6.07) is 5.61. The van der Waals surface area contributed by atoms with Gasteiger partial charge in [0.15, 0.2) is 0 Å². The second-order valence-electron chi connectivity index (χ2n) is 8.25.